The second-order valence-corrected chi connectivity index (χ2v) is 7.00. The summed E-state index contributed by atoms with van der Waals surface area (Å²) >= 11 is 5.97. The van der Waals surface area contributed by atoms with E-state index in [-0.39, 0.29) is 5.91 Å². The van der Waals surface area contributed by atoms with Gasteiger partial charge in [-0.25, -0.2) is 0 Å². The van der Waals surface area contributed by atoms with Crippen molar-refractivity contribution in [2.45, 2.75) is 19.4 Å². The lowest BCUT2D eigenvalue weighted by molar-refractivity contribution is -0.132. The van der Waals surface area contributed by atoms with E-state index in [2.05, 4.69) is 24.0 Å². The van der Waals surface area contributed by atoms with Crippen LogP contribution in [-0.2, 0) is 11.2 Å². The minimum Gasteiger partial charge on any atom is -0.399 e. The first-order chi connectivity index (χ1) is 12.0. The van der Waals surface area contributed by atoms with Gasteiger partial charge in [0.05, 0.1) is 6.42 Å². The SMILES string of the molecule is CC(c1ccc(Cl)cc1)N1CCN(C(=O)Cc2ccc(N)cc2)CC1. The zero-order valence-corrected chi connectivity index (χ0v) is 15.2. The van der Waals surface area contributed by atoms with Gasteiger partial charge < -0.3 is 10.6 Å². The Morgan fingerprint density at radius 1 is 1.04 bits per heavy atom. The summed E-state index contributed by atoms with van der Waals surface area (Å²) in [7, 11) is 0. The summed E-state index contributed by atoms with van der Waals surface area (Å²) in [6.07, 6.45) is 0.438. The van der Waals surface area contributed by atoms with E-state index in [0.29, 0.717) is 12.5 Å². The molecule has 1 fully saturated rings. The zero-order valence-electron chi connectivity index (χ0n) is 14.5. The Morgan fingerprint density at radius 3 is 2.24 bits per heavy atom. The maximum atomic E-state index is 12.5. The van der Waals surface area contributed by atoms with Crippen LogP contribution in [0.1, 0.15) is 24.1 Å². The summed E-state index contributed by atoms with van der Waals surface area (Å²) in [6, 6.07) is 15.9. The van der Waals surface area contributed by atoms with Gasteiger partial charge in [-0.2, -0.15) is 0 Å². The van der Waals surface area contributed by atoms with Crippen molar-refractivity contribution in [2.24, 2.45) is 0 Å². The summed E-state index contributed by atoms with van der Waals surface area (Å²) in [6.45, 7) is 5.51. The van der Waals surface area contributed by atoms with E-state index in [1.807, 2.05) is 41.3 Å². The van der Waals surface area contributed by atoms with Crippen LogP contribution in [0.2, 0.25) is 5.02 Å². The molecule has 2 aromatic rings. The van der Waals surface area contributed by atoms with Crippen LogP contribution in [0.3, 0.4) is 0 Å². The van der Waals surface area contributed by atoms with Crippen molar-refractivity contribution in [2.75, 3.05) is 31.9 Å². The van der Waals surface area contributed by atoms with Crippen LogP contribution in [0.4, 0.5) is 5.69 Å². The number of nitrogens with zero attached hydrogens (tertiary/aromatic N) is 2. The molecule has 0 bridgehead atoms. The van der Waals surface area contributed by atoms with Gasteiger partial charge in [0.2, 0.25) is 5.91 Å². The highest BCUT2D eigenvalue weighted by Crippen LogP contribution is 2.23. The van der Waals surface area contributed by atoms with E-state index in [1.54, 1.807) is 0 Å². The van der Waals surface area contributed by atoms with Gasteiger partial charge in [0, 0.05) is 42.9 Å². The highest BCUT2D eigenvalue weighted by molar-refractivity contribution is 6.30. The van der Waals surface area contributed by atoms with Gasteiger partial charge in [-0.1, -0.05) is 35.9 Å². The number of rotatable bonds is 4. The van der Waals surface area contributed by atoms with Crippen molar-refractivity contribution in [3.8, 4) is 0 Å². The minimum absolute atomic E-state index is 0.184. The predicted molar refractivity (Wildman–Crippen MR) is 103 cm³/mol. The maximum absolute atomic E-state index is 12.5. The van der Waals surface area contributed by atoms with Crippen LogP contribution in [0.5, 0.6) is 0 Å². The summed E-state index contributed by atoms with van der Waals surface area (Å²) in [4.78, 5) is 16.9. The molecule has 0 saturated carbocycles. The molecule has 2 N–H and O–H groups in total. The number of carbonyl (C=O) groups is 1. The monoisotopic (exact) mass is 357 g/mol. The number of anilines is 1. The Kier molecular flexibility index (Phi) is 5.61. The fraction of sp³-hybridized carbons (Fsp3) is 0.350. The molecular formula is C20H24ClN3O. The summed E-state index contributed by atoms with van der Waals surface area (Å²) in [5.74, 6) is 0.184. The topological polar surface area (TPSA) is 49.6 Å². The first kappa shape index (κ1) is 17.8. The third kappa shape index (κ3) is 4.53. The van der Waals surface area contributed by atoms with Crippen LogP contribution in [0.15, 0.2) is 48.5 Å². The summed E-state index contributed by atoms with van der Waals surface area (Å²) in [5, 5.41) is 0.758. The van der Waals surface area contributed by atoms with E-state index in [4.69, 9.17) is 17.3 Å². The third-order valence-corrected chi connectivity index (χ3v) is 5.15. The molecule has 0 radical (unpaired) electrons. The van der Waals surface area contributed by atoms with Crippen LogP contribution in [-0.4, -0.2) is 41.9 Å². The van der Waals surface area contributed by atoms with Gasteiger partial charge in [-0.15, -0.1) is 0 Å². The summed E-state index contributed by atoms with van der Waals surface area (Å²) in [5.41, 5.74) is 8.68. The van der Waals surface area contributed by atoms with Crippen LogP contribution in [0, 0.1) is 0 Å². The zero-order chi connectivity index (χ0) is 17.8. The van der Waals surface area contributed by atoms with E-state index >= 15 is 0 Å². The standard InChI is InChI=1S/C20H24ClN3O/c1-15(17-4-6-18(21)7-5-17)23-10-12-24(13-11-23)20(25)14-16-2-8-19(22)9-3-16/h2-9,15H,10-14,22H2,1H3. The van der Waals surface area contributed by atoms with E-state index < -0.39 is 0 Å². The largest absolute Gasteiger partial charge is 0.399 e. The molecule has 1 saturated heterocycles. The van der Waals surface area contributed by atoms with Crippen molar-refractivity contribution in [1.82, 2.24) is 9.80 Å². The van der Waals surface area contributed by atoms with E-state index in [0.717, 1.165) is 42.5 Å². The molecule has 132 valence electrons. The van der Waals surface area contributed by atoms with Crippen molar-refractivity contribution in [3.63, 3.8) is 0 Å². The third-order valence-electron chi connectivity index (χ3n) is 4.90. The molecule has 1 amide bonds. The number of hydrogen-bond donors (Lipinski definition) is 1. The first-order valence-corrected chi connectivity index (χ1v) is 9.02. The molecule has 0 aromatic heterocycles. The van der Waals surface area contributed by atoms with Crippen LogP contribution < -0.4 is 5.73 Å². The average molecular weight is 358 g/mol. The molecule has 1 aliphatic heterocycles. The lowest BCUT2D eigenvalue weighted by Crippen LogP contribution is -2.49. The Bertz CT molecular complexity index is 707. The van der Waals surface area contributed by atoms with Crippen molar-refractivity contribution in [1.29, 1.82) is 0 Å². The van der Waals surface area contributed by atoms with E-state index in [9.17, 15) is 4.79 Å². The molecule has 3 rings (SSSR count). The Morgan fingerprint density at radius 2 is 1.64 bits per heavy atom. The maximum Gasteiger partial charge on any atom is 0.227 e. The lowest BCUT2D eigenvalue weighted by atomic mass is 10.1. The fourth-order valence-electron chi connectivity index (χ4n) is 3.23. The van der Waals surface area contributed by atoms with Gasteiger partial charge in [0.15, 0.2) is 0 Å². The van der Waals surface area contributed by atoms with Gasteiger partial charge in [-0.05, 0) is 42.3 Å². The van der Waals surface area contributed by atoms with Crippen molar-refractivity contribution in [3.05, 3.63) is 64.7 Å². The second kappa shape index (κ2) is 7.89. The Hall–Kier alpha value is -2.04. The smallest absolute Gasteiger partial charge is 0.227 e. The number of hydrogen-bond acceptors (Lipinski definition) is 3. The average Bonchev–Trinajstić information content (AvgIpc) is 2.64. The van der Waals surface area contributed by atoms with Crippen molar-refractivity contribution < 1.29 is 4.79 Å². The number of piperazine rings is 1. The normalized spacial score (nSPS) is 16.6. The Labute approximate surface area is 154 Å². The molecule has 4 nitrogen and oxygen atoms in total. The van der Waals surface area contributed by atoms with Crippen LogP contribution >= 0.6 is 11.6 Å². The quantitative estimate of drug-likeness (QED) is 0.853. The molecule has 1 aliphatic rings. The molecule has 5 heteroatoms. The first-order valence-electron chi connectivity index (χ1n) is 8.64. The predicted octanol–water partition coefficient (Wildman–Crippen LogP) is 3.37. The lowest BCUT2D eigenvalue weighted by Gasteiger charge is -2.38. The fourth-order valence-corrected chi connectivity index (χ4v) is 3.36. The highest BCUT2D eigenvalue weighted by Gasteiger charge is 2.24. The van der Waals surface area contributed by atoms with Gasteiger partial charge in [-0.3, -0.25) is 9.69 Å². The van der Waals surface area contributed by atoms with E-state index in [1.165, 1.54) is 5.56 Å². The highest BCUT2D eigenvalue weighted by atomic mass is 35.5. The molecule has 1 unspecified atom stereocenters. The number of amides is 1. The summed E-state index contributed by atoms with van der Waals surface area (Å²) < 4.78 is 0. The van der Waals surface area contributed by atoms with Gasteiger partial charge in [0.1, 0.15) is 0 Å². The number of carbonyl (C=O) groups excluding carboxylic acids is 1. The van der Waals surface area contributed by atoms with Crippen LogP contribution in [0.25, 0.3) is 0 Å². The Balaban J connectivity index is 1.53. The number of benzene rings is 2. The molecular weight excluding hydrogens is 334 g/mol. The van der Waals surface area contributed by atoms with Gasteiger partial charge in [0.25, 0.3) is 0 Å². The van der Waals surface area contributed by atoms with Crippen molar-refractivity contribution >= 4 is 23.2 Å². The molecule has 0 spiro atoms. The number of nitrogens with two attached hydrogens (primary N) is 1. The minimum atomic E-state index is 0.184. The molecule has 1 heterocycles. The number of nitrogen functional groups attached to an aromatic ring is 1. The molecule has 25 heavy (non-hydrogen) atoms. The molecule has 2 aromatic carbocycles. The number of halogens is 1. The second-order valence-electron chi connectivity index (χ2n) is 6.56. The molecule has 1 atom stereocenters. The molecule has 0 aliphatic carbocycles. The van der Waals surface area contributed by atoms with Gasteiger partial charge >= 0.3 is 0 Å².